The molecular formula is C9H7ClO3. The first-order valence-corrected chi connectivity index (χ1v) is 4.27. The molecule has 0 amide bonds. The molecule has 1 aromatic rings. The van der Waals surface area contributed by atoms with Crippen molar-refractivity contribution in [2.45, 2.75) is 12.0 Å². The third kappa shape index (κ3) is 1.47. The second-order valence-electron chi connectivity index (χ2n) is 2.84. The van der Waals surface area contributed by atoms with Gasteiger partial charge in [-0.1, -0.05) is 11.6 Å². The quantitative estimate of drug-likeness (QED) is 0.648. The summed E-state index contributed by atoms with van der Waals surface area (Å²) in [5.74, 6) is 0.370. The number of halogens is 1. The summed E-state index contributed by atoms with van der Waals surface area (Å²) in [6.07, 6.45) is 0.180. The van der Waals surface area contributed by atoms with E-state index in [1.807, 2.05) is 0 Å². The normalized spacial score (nSPS) is 20.7. The monoisotopic (exact) mass is 198 g/mol. The fraction of sp³-hybridized carbons (Fsp3) is 0.222. The van der Waals surface area contributed by atoms with Crippen LogP contribution in [0.4, 0.5) is 0 Å². The minimum atomic E-state index is -0.623. The number of aromatic hydroxyl groups is 1. The van der Waals surface area contributed by atoms with Gasteiger partial charge in [0.1, 0.15) is 11.5 Å². The van der Waals surface area contributed by atoms with Crippen molar-refractivity contribution in [2.24, 2.45) is 0 Å². The summed E-state index contributed by atoms with van der Waals surface area (Å²) < 4.78 is 5.17. The van der Waals surface area contributed by atoms with E-state index in [0.29, 0.717) is 11.3 Å². The lowest BCUT2D eigenvalue weighted by Gasteiger charge is -2.20. The predicted molar refractivity (Wildman–Crippen MR) is 47.3 cm³/mol. The van der Waals surface area contributed by atoms with Gasteiger partial charge in [-0.2, -0.15) is 0 Å². The van der Waals surface area contributed by atoms with Crippen LogP contribution in [0.5, 0.6) is 11.5 Å². The van der Waals surface area contributed by atoms with Crippen molar-refractivity contribution in [3.63, 3.8) is 0 Å². The van der Waals surface area contributed by atoms with Crippen LogP contribution >= 0.6 is 11.6 Å². The van der Waals surface area contributed by atoms with Crippen LogP contribution in [-0.2, 0) is 0 Å². The fourth-order valence-corrected chi connectivity index (χ4v) is 1.51. The van der Waals surface area contributed by atoms with Crippen molar-refractivity contribution in [2.75, 3.05) is 0 Å². The summed E-state index contributed by atoms with van der Waals surface area (Å²) in [6, 6.07) is 4.38. The topological polar surface area (TPSA) is 46.5 Å². The van der Waals surface area contributed by atoms with E-state index in [-0.39, 0.29) is 18.0 Å². The number of fused-ring (bicyclic) bond motifs is 1. The zero-order chi connectivity index (χ0) is 9.42. The van der Waals surface area contributed by atoms with E-state index in [9.17, 15) is 4.79 Å². The van der Waals surface area contributed by atoms with E-state index in [2.05, 4.69) is 0 Å². The molecule has 0 aromatic heterocycles. The molecule has 2 rings (SSSR count). The van der Waals surface area contributed by atoms with Crippen LogP contribution in [0.25, 0.3) is 0 Å². The number of Topliss-reactive ketones (excluding diaryl/α,β-unsaturated/α-hetero) is 1. The number of rotatable bonds is 0. The van der Waals surface area contributed by atoms with Crippen LogP contribution in [-0.4, -0.2) is 16.5 Å². The molecule has 1 aliphatic heterocycles. The van der Waals surface area contributed by atoms with Crippen LogP contribution in [0.2, 0.25) is 0 Å². The molecule has 0 radical (unpaired) electrons. The number of carbonyl (C=O) groups excluding carboxylic acids is 1. The highest BCUT2D eigenvalue weighted by Gasteiger charge is 2.24. The number of phenolic OH excluding ortho intramolecular Hbond substituents is 1. The average molecular weight is 199 g/mol. The van der Waals surface area contributed by atoms with Gasteiger partial charge in [0.05, 0.1) is 12.0 Å². The molecular weight excluding hydrogens is 192 g/mol. The van der Waals surface area contributed by atoms with Gasteiger partial charge in [0, 0.05) is 6.07 Å². The van der Waals surface area contributed by atoms with E-state index in [1.165, 1.54) is 18.2 Å². The third-order valence-electron chi connectivity index (χ3n) is 1.87. The van der Waals surface area contributed by atoms with Gasteiger partial charge >= 0.3 is 0 Å². The maximum Gasteiger partial charge on any atom is 0.179 e. The van der Waals surface area contributed by atoms with E-state index < -0.39 is 5.56 Å². The molecule has 3 nitrogen and oxygen atoms in total. The van der Waals surface area contributed by atoms with Crippen molar-refractivity contribution >= 4 is 17.4 Å². The first-order valence-electron chi connectivity index (χ1n) is 3.84. The molecule has 0 fully saturated rings. The number of alkyl halides is 1. The number of ether oxygens (including phenoxy) is 1. The highest BCUT2D eigenvalue weighted by atomic mass is 35.5. The molecule has 0 aliphatic carbocycles. The summed E-state index contributed by atoms with van der Waals surface area (Å²) in [5.41, 5.74) is -0.142. The van der Waals surface area contributed by atoms with Gasteiger partial charge in [-0.05, 0) is 12.1 Å². The zero-order valence-electron chi connectivity index (χ0n) is 6.66. The number of phenols is 1. The van der Waals surface area contributed by atoms with Crippen molar-refractivity contribution < 1.29 is 14.6 Å². The highest BCUT2D eigenvalue weighted by Crippen LogP contribution is 2.31. The molecule has 13 heavy (non-hydrogen) atoms. The van der Waals surface area contributed by atoms with Crippen LogP contribution in [0.15, 0.2) is 18.2 Å². The average Bonchev–Trinajstić information content (AvgIpc) is 2.02. The molecule has 1 aliphatic rings. The number of benzene rings is 1. The predicted octanol–water partition coefficient (Wildman–Crippen LogP) is 1.92. The van der Waals surface area contributed by atoms with E-state index >= 15 is 0 Å². The number of hydrogen-bond acceptors (Lipinski definition) is 3. The van der Waals surface area contributed by atoms with Gasteiger partial charge in [-0.3, -0.25) is 4.79 Å². The van der Waals surface area contributed by atoms with Crippen LogP contribution in [0.3, 0.4) is 0 Å². The fourth-order valence-electron chi connectivity index (χ4n) is 1.27. The Labute approximate surface area is 79.9 Å². The lowest BCUT2D eigenvalue weighted by Crippen LogP contribution is -2.21. The highest BCUT2D eigenvalue weighted by molar-refractivity contribution is 6.22. The van der Waals surface area contributed by atoms with E-state index in [1.54, 1.807) is 0 Å². The smallest absolute Gasteiger partial charge is 0.179 e. The maximum atomic E-state index is 11.4. The van der Waals surface area contributed by atoms with Crippen molar-refractivity contribution in [1.82, 2.24) is 0 Å². The molecule has 0 saturated carbocycles. The maximum absolute atomic E-state index is 11.4. The van der Waals surface area contributed by atoms with Crippen LogP contribution in [0, 0.1) is 0 Å². The minimum absolute atomic E-state index is 0.0544. The standard InChI is InChI=1S/C9H7ClO3/c10-9-4-7(12)6-2-1-5(11)3-8(6)13-9/h1-3,9,11H,4H2. The van der Waals surface area contributed by atoms with Gasteiger partial charge in [0.25, 0.3) is 0 Å². The molecule has 1 aromatic carbocycles. The van der Waals surface area contributed by atoms with Crippen molar-refractivity contribution in [1.29, 1.82) is 0 Å². The van der Waals surface area contributed by atoms with Crippen LogP contribution in [0.1, 0.15) is 16.8 Å². The molecule has 0 bridgehead atoms. The van der Waals surface area contributed by atoms with Crippen molar-refractivity contribution in [3.8, 4) is 11.5 Å². The van der Waals surface area contributed by atoms with E-state index in [4.69, 9.17) is 21.4 Å². The van der Waals surface area contributed by atoms with Gasteiger partial charge in [-0.25, -0.2) is 0 Å². The van der Waals surface area contributed by atoms with E-state index in [0.717, 1.165) is 0 Å². The second kappa shape index (κ2) is 2.92. The summed E-state index contributed by atoms with van der Waals surface area (Å²) >= 11 is 5.67. The number of ketones is 1. The first kappa shape index (κ1) is 8.38. The Kier molecular flexibility index (Phi) is 1.88. The Hall–Kier alpha value is -1.22. The zero-order valence-corrected chi connectivity index (χ0v) is 7.41. The van der Waals surface area contributed by atoms with Crippen molar-refractivity contribution in [3.05, 3.63) is 23.8 Å². The van der Waals surface area contributed by atoms with Gasteiger partial charge in [0.15, 0.2) is 11.3 Å². The van der Waals surface area contributed by atoms with Gasteiger partial charge in [0.2, 0.25) is 0 Å². The molecule has 1 heterocycles. The Morgan fingerprint density at radius 1 is 1.54 bits per heavy atom. The molecule has 1 N–H and O–H groups in total. The second-order valence-corrected chi connectivity index (χ2v) is 3.32. The first-order chi connectivity index (χ1) is 6.16. The molecule has 68 valence electrons. The van der Waals surface area contributed by atoms with Gasteiger partial charge in [-0.15, -0.1) is 0 Å². The molecule has 1 atom stereocenters. The largest absolute Gasteiger partial charge is 0.508 e. The molecule has 0 saturated heterocycles. The summed E-state index contributed by atoms with van der Waals surface area (Å²) in [7, 11) is 0. The number of carbonyl (C=O) groups is 1. The van der Waals surface area contributed by atoms with Crippen LogP contribution < -0.4 is 4.74 Å². The lowest BCUT2D eigenvalue weighted by molar-refractivity contribution is 0.0913. The summed E-state index contributed by atoms with van der Waals surface area (Å²) in [4.78, 5) is 11.4. The SMILES string of the molecule is O=C1CC(Cl)Oc2cc(O)ccc21. The third-order valence-corrected chi connectivity index (χ3v) is 2.11. The lowest BCUT2D eigenvalue weighted by atomic mass is 10.1. The summed E-state index contributed by atoms with van der Waals surface area (Å²) in [6.45, 7) is 0. The Balaban J connectivity index is 2.49. The Bertz CT molecular complexity index is 362. The summed E-state index contributed by atoms with van der Waals surface area (Å²) in [5, 5.41) is 9.13. The Morgan fingerprint density at radius 2 is 2.31 bits per heavy atom. The molecule has 1 unspecified atom stereocenters. The Morgan fingerprint density at radius 3 is 3.08 bits per heavy atom. The molecule has 0 spiro atoms. The van der Waals surface area contributed by atoms with Gasteiger partial charge < -0.3 is 9.84 Å². The molecule has 4 heteroatoms. The number of hydrogen-bond donors (Lipinski definition) is 1. The minimum Gasteiger partial charge on any atom is -0.508 e.